The molecule has 120 valence electrons. The Hall–Kier alpha value is -0.530. The number of carbonyl (C=O) groups excluding carboxylic acids is 1. The van der Waals surface area contributed by atoms with Crippen LogP contribution in [0.3, 0.4) is 0 Å². The molecule has 2 nitrogen and oxygen atoms in total. The van der Waals surface area contributed by atoms with Gasteiger partial charge in [0.25, 0.3) is 0 Å². The number of carbonyl (C=O) groups is 1. The van der Waals surface area contributed by atoms with Gasteiger partial charge in [-0.05, 0) is 31.6 Å². The van der Waals surface area contributed by atoms with Gasteiger partial charge in [0.2, 0.25) is 5.91 Å². The fourth-order valence-corrected chi connectivity index (χ4v) is 2.46. The maximum atomic E-state index is 12.1. The van der Waals surface area contributed by atoms with Gasteiger partial charge in [0.1, 0.15) is 0 Å². The second kappa shape index (κ2) is 11.2. The van der Waals surface area contributed by atoms with Crippen molar-refractivity contribution in [3.8, 4) is 0 Å². The first-order valence-electron chi connectivity index (χ1n) is 8.68. The van der Waals surface area contributed by atoms with Gasteiger partial charge in [-0.3, -0.25) is 4.79 Å². The van der Waals surface area contributed by atoms with Crippen molar-refractivity contribution in [1.29, 1.82) is 0 Å². The van der Waals surface area contributed by atoms with Gasteiger partial charge in [0.05, 0.1) is 0 Å². The zero-order chi connectivity index (χ0) is 15.4. The number of amides is 1. The molecule has 0 aromatic rings. The molecule has 0 aliphatic rings. The molecule has 20 heavy (non-hydrogen) atoms. The van der Waals surface area contributed by atoms with E-state index in [0.717, 1.165) is 32.4 Å². The smallest absolute Gasteiger partial charge is 0.222 e. The van der Waals surface area contributed by atoms with Gasteiger partial charge in [0, 0.05) is 19.5 Å². The van der Waals surface area contributed by atoms with E-state index in [-0.39, 0.29) is 0 Å². The highest BCUT2D eigenvalue weighted by Crippen LogP contribution is 2.22. The summed E-state index contributed by atoms with van der Waals surface area (Å²) >= 11 is 0. The molecular formula is C18H37NO. The summed E-state index contributed by atoms with van der Waals surface area (Å²) in [5.74, 6) is 0.361. The molecule has 0 aromatic carbocycles. The molecule has 0 aromatic heterocycles. The van der Waals surface area contributed by atoms with Gasteiger partial charge in [-0.15, -0.1) is 0 Å². The van der Waals surface area contributed by atoms with Crippen molar-refractivity contribution >= 4 is 5.91 Å². The lowest BCUT2D eigenvalue weighted by atomic mass is 9.89. The fraction of sp³-hybridized carbons (Fsp3) is 0.944. The summed E-state index contributed by atoms with van der Waals surface area (Å²) in [6, 6.07) is 0. The summed E-state index contributed by atoms with van der Waals surface area (Å²) in [7, 11) is 0. The van der Waals surface area contributed by atoms with Crippen LogP contribution in [0.2, 0.25) is 0 Å². The summed E-state index contributed by atoms with van der Waals surface area (Å²) in [6.07, 6.45) is 10.5. The molecule has 0 unspecified atom stereocenters. The second-order valence-electron chi connectivity index (χ2n) is 7.16. The highest BCUT2D eigenvalue weighted by Gasteiger charge is 2.12. The molecule has 0 atom stereocenters. The first kappa shape index (κ1) is 19.5. The van der Waals surface area contributed by atoms with Gasteiger partial charge < -0.3 is 4.90 Å². The molecule has 0 spiro atoms. The van der Waals surface area contributed by atoms with E-state index in [4.69, 9.17) is 0 Å². The third-order valence-corrected chi connectivity index (χ3v) is 3.83. The number of hydrogen-bond acceptors (Lipinski definition) is 1. The van der Waals surface area contributed by atoms with Crippen molar-refractivity contribution in [2.45, 2.75) is 92.4 Å². The van der Waals surface area contributed by atoms with E-state index in [9.17, 15) is 4.79 Å². The van der Waals surface area contributed by atoms with Crippen molar-refractivity contribution in [3.63, 3.8) is 0 Å². The van der Waals surface area contributed by atoms with Gasteiger partial charge in [-0.25, -0.2) is 0 Å². The Bertz CT molecular complexity index is 242. The summed E-state index contributed by atoms with van der Waals surface area (Å²) in [5.41, 5.74) is 0.429. The first-order valence-corrected chi connectivity index (χ1v) is 8.68. The standard InChI is InChI=1S/C18H37NO/c1-6-8-9-13-16-19(7-2)17(20)14-11-10-12-15-18(3,4)5/h6-16H2,1-5H3. The molecule has 0 bridgehead atoms. The fourth-order valence-electron chi connectivity index (χ4n) is 2.46. The maximum Gasteiger partial charge on any atom is 0.222 e. The molecule has 0 rings (SSSR count). The zero-order valence-corrected chi connectivity index (χ0v) is 14.6. The van der Waals surface area contributed by atoms with Crippen LogP contribution < -0.4 is 0 Å². The average molecular weight is 283 g/mol. The number of rotatable bonds is 11. The average Bonchev–Trinajstić information content (AvgIpc) is 2.37. The Labute approximate surface area is 127 Å². The number of nitrogens with zero attached hydrogens (tertiary/aromatic N) is 1. The Morgan fingerprint density at radius 2 is 1.55 bits per heavy atom. The Morgan fingerprint density at radius 3 is 2.10 bits per heavy atom. The summed E-state index contributed by atoms with van der Waals surface area (Å²) < 4.78 is 0. The van der Waals surface area contributed by atoms with Crippen molar-refractivity contribution in [2.75, 3.05) is 13.1 Å². The van der Waals surface area contributed by atoms with E-state index in [1.165, 1.54) is 38.5 Å². The lowest BCUT2D eigenvalue weighted by molar-refractivity contribution is -0.131. The van der Waals surface area contributed by atoms with Crippen LogP contribution >= 0.6 is 0 Å². The van der Waals surface area contributed by atoms with Gasteiger partial charge in [-0.2, -0.15) is 0 Å². The number of unbranched alkanes of at least 4 members (excludes halogenated alkanes) is 5. The van der Waals surface area contributed by atoms with Gasteiger partial charge >= 0.3 is 0 Å². The normalized spacial score (nSPS) is 11.7. The molecule has 1 amide bonds. The van der Waals surface area contributed by atoms with E-state index in [0.29, 0.717) is 11.3 Å². The zero-order valence-electron chi connectivity index (χ0n) is 14.6. The van der Waals surface area contributed by atoms with Gasteiger partial charge in [0.15, 0.2) is 0 Å². The first-order chi connectivity index (χ1) is 9.40. The van der Waals surface area contributed by atoms with Gasteiger partial charge in [-0.1, -0.05) is 59.8 Å². The summed E-state index contributed by atoms with van der Waals surface area (Å²) in [6.45, 7) is 13.0. The van der Waals surface area contributed by atoms with Crippen molar-refractivity contribution in [1.82, 2.24) is 4.90 Å². The van der Waals surface area contributed by atoms with Crippen LogP contribution in [-0.4, -0.2) is 23.9 Å². The Morgan fingerprint density at radius 1 is 0.900 bits per heavy atom. The van der Waals surface area contributed by atoms with Crippen molar-refractivity contribution in [2.24, 2.45) is 5.41 Å². The minimum atomic E-state index is 0.361. The minimum Gasteiger partial charge on any atom is -0.343 e. The predicted octanol–water partition coefficient (Wildman–Crippen LogP) is 5.41. The third-order valence-electron chi connectivity index (χ3n) is 3.83. The molecule has 0 saturated carbocycles. The van der Waals surface area contributed by atoms with Crippen molar-refractivity contribution < 1.29 is 4.79 Å². The van der Waals surface area contributed by atoms with Crippen LogP contribution in [0.5, 0.6) is 0 Å². The maximum absolute atomic E-state index is 12.1. The molecular weight excluding hydrogens is 246 g/mol. The largest absolute Gasteiger partial charge is 0.343 e. The second-order valence-corrected chi connectivity index (χ2v) is 7.16. The molecule has 0 aliphatic heterocycles. The molecule has 0 aliphatic carbocycles. The van der Waals surface area contributed by atoms with E-state index >= 15 is 0 Å². The lowest BCUT2D eigenvalue weighted by Crippen LogP contribution is -2.31. The van der Waals surface area contributed by atoms with Crippen LogP contribution in [-0.2, 0) is 4.79 Å². The van der Waals surface area contributed by atoms with E-state index in [1.807, 2.05) is 4.90 Å². The quantitative estimate of drug-likeness (QED) is 0.464. The summed E-state index contributed by atoms with van der Waals surface area (Å²) in [5, 5.41) is 0. The molecule has 0 radical (unpaired) electrons. The van der Waals surface area contributed by atoms with E-state index in [1.54, 1.807) is 0 Å². The molecule has 0 N–H and O–H groups in total. The topological polar surface area (TPSA) is 20.3 Å². The van der Waals surface area contributed by atoms with E-state index < -0.39 is 0 Å². The SMILES string of the molecule is CCCCCCN(CC)C(=O)CCCCCC(C)(C)C. The predicted molar refractivity (Wildman–Crippen MR) is 88.9 cm³/mol. The van der Waals surface area contributed by atoms with Crippen LogP contribution in [0.15, 0.2) is 0 Å². The van der Waals surface area contributed by atoms with Crippen molar-refractivity contribution in [3.05, 3.63) is 0 Å². The Kier molecular flexibility index (Phi) is 10.9. The minimum absolute atomic E-state index is 0.361. The molecule has 2 heteroatoms. The third kappa shape index (κ3) is 11.3. The highest BCUT2D eigenvalue weighted by molar-refractivity contribution is 5.76. The molecule has 0 heterocycles. The molecule has 0 saturated heterocycles. The van der Waals surface area contributed by atoms with Crippen LogP contribution in [0.25, 0.3) is 0 Å². The van der Waals surface area contributed by atoms with E-state index in [2.05, 4.69) is 34.6 Å². The monoisotopic (exact) mass is 283 g/mol. The number of hydrogen-bond donors (Lipinski definition) is 0. The molecule has 0 fully saturated rings. The van der Waals surface area contributed by atoms with Crippen LogP contribution in [0.1, 0.15) is 92.4 Å². The Balaban J connectivity index is 3.70. The lowest BCUT2D eigenvalue weighted by Gasteiger charge is -2.21. The van der Waals surface area contributed by atoms with Crippen LogP contribution in [0.4, 0.5) is 0 Å². The summed E-state index contributed by atoms with van der Waals surface area (Å²) in [4.78, 5) is 14.2. The highest BCUT2D eigenvalue weighted by atomic mass is 16.2. The van der Waals surface area contributed by atoms with Crippen LogP contribution in [0, 0.1) is 5.41 Å².